The van der Waals surface area contributed by atoms with E-state index in [9.17, 15) is 0 Å². The van der Waals surface area contributed by atoms with Crippen molar-refractivity contribution >= 4 is 6.21 Å². The summed E-state index contributed by atoms with van der Waals surface area (Å²) in [6, 6.07) is 3.95. The van der Waals surface area contributed by atoms with E-state index in [1.807, 2.05) is 12.1 Å². The Morgan fingerprint density at radius 1 is 1.38 bits per heavy atom. The van der Waals surface area contributed by atoms with E-state index in [1.54, 1.807) is 12.4 Å². The summed E-state index contributed by atoms with van der Waals surface area (Å²) in [5, 5.41) is 0. The minimum Gasteiger partial charge on any atom is -0.283 e. The van der Waals surface area contributed by atoms with Crippen molar-refractivity contribution in [2.24, 2.45) is 4.99 Å². The molecule has 0 fully saturated rings. The highest BCUT2D eigenvalue weighted by Crippen LogP contribution is 1.98. The van der Waals surface area contributed by atoms with E-state index in [-0.39, 0.29) is 0 Å². The van der Waals surface area contributed by atoms with Gasteiger partial charge in [-0.3, -0.25) is 9.98 Å². The van der Waals surface area contributed by atoms with Crippen molar-refractivity contribution in [2.45, 2.75) is 32.7 Å². The normalized spacial score (nSPS) is 10.8. The number of nitrogens with zero attached hydrogens (tertiary/aromatic N) is 2. The molecule has 0 atom stereocenters. The Morgan fingerprint density at radius 3 is 2.85 bits per heavy atom. The molecule has 0 spiro atoms. The summed E-state index contributed by atoms with van der Waals surface area (Å²) in [6.07, 6.45) is 9.98. The van der Waals surface area contributed by atoms with Crippen LogP contribution in [0.2, 0.25) is 0 Å². The van der Waals surface area contributed by atoms with Gasteiger partial charge in [0.25, 0.3) is 0 Å². The molecule has 0 N–H and O–H groups in total. The largest absolute Gasteiger partial charge is 0.283 e. The summed E-state index contributed by atoms with van der Waals surface area (Å²) in [5.41, 5.74) is 1.19. The van der Waals surface area contributed by atoms with E-state index in [1.165, 1.54) is 18.4 Å². The first-order chi connectivity index (χ1) is 6.43. The summed E-state index contributed by atoms with van der Waals surface area (Å²) in [7, 11) is 0. The first kappa shape index (κ1) is 9.90. The Balaban J connectivity index is 2.23. The molecular formula is C11H15N2. The van der Waals surface area contributed by atoms with E-state index in [4.69, 9.17) is 0 Å². The molecule has 2 nitrogen and oxygen atoms in total. The lowest BCUT2D eigenvalue weighted by molar-refractivity contribution is 0.839. The van der Waals surface area contributed by atoms with Crippen LogP contribution < -0.4 is 0 Å². The van der Waals surface area contributed by atoms with E-state index in [0.717, 1.165) is 13.0 Å². The van der Waals surface area contributed by atoms with Crippen molar-refractivity contribution in [3.63, 3.8) is 0 Å². The third-order valence-electron chi connectivity index (χ3n) is 1.76. The molecule has 0 saturated carbocycles. The van der Waals surface area contributed by atoms with E-state index in [0.29, 0.717) is 0 Å². The summed E-state index contributed by atoms with van der Waals surface area (Å²) < 4.78 is 0. The van der Waals surface area contributed by atoms with Crippen molar-refractivity contribution in [3.8, 4) is 0 Å². The van der Waals surface area contributed by atoms with E-state index < -0.39 is 0 Å². The van der Waals surface area contributed by atoms with Gasteiger partial charge < -0.3 is 0 Å². The van der Waals surface area contributed by atoms with Gasteiger partial charge in [0.05, 0.1) is 12.8 Å². The topological polar surface area (TPSA) is 25.2 Å². The SMILES string of the molecule is CCCC/[C]=N\Cc1ccncc1. The van der Waals surface area contributed by atoms with Gasteiger partial charge in [-0.05, 0) is 30.5 Å². The van der Waals surface area contributed by atoms with Crippen molar-refractivity contribution in [1.29, 1.82) is 0 Å². The first-order valence-corrected chi connectivity index (χ1v) is 4.71. The third kappa shape index (κ3) is 4.41. The van der Waals surface area contributed by atoms with Gasteiger partial charge >= 0.3 is 0 Å². The van der Waals surface area contributed by atoms with Crippen molar-refractivity contribution in [1.82, 2.24) is 4.98 Å². The van der Waals surface area contributed by atoms with Gasteiger partial charge in [-0.1, -0.05) is 13.3 Å². The summed E-state index contributed by atoms with van der Waals surface area (Å²) in [5.74, 6) is 0. The summed E-state index contributed by atoms with van der Waals surface area (Å²) >= 11 is 0. The number of hydrogen-bond acceptors (Lipinski definition) is 2. The molecule has 1 radical (unpaired) electrons. The van der Waals surface area contributed by atoms with Crippen LogP contribution in [0, 0.1) is 0 Å². The molecule has 0 aliphatic rings. The predicted molar refractivity (Wildman–Crippen MR) is 54.9 cm³/mol. The lowest BCUT2D eigenvalue weighted by atomic mass is 10.2. The Bertz CT molecular complexity index is 242. The molecule has 1 rings (SSSR count). The molecule has 69 valence electrons. The zero-order valence-electron chi connectivity index (χ0n) is 8.03. The highest BCUT2D eigenvalue weighted by Gasteiger charge is 1.86. The second-order valence-electron chi connectivity index (χ2n) is 2.93. The number of aromatic nitrogens is 1. The molecule has 0 bridgehead atoms. The highest BCUT2D eigenvalue weighted by molar-refractivity contribution is 5.57. The molecule has 1 heterocycles. The average molecular weight is 175 g/mol. The van der Waals surface area contributed by atoms with Crippen LogP contribution in [-0.2, 0) is 6.54 Å². The fourth-order valence-corrected chi connectivity index (χ4v) is 0.970. The quantitative estimate of drug-likeness (QED) is 0.499. The maximum atomic E-state index is 4.20. The second kappa shape index (κ2) is 6.35. The lowest BCUT2D eigenvalue weighted by Crippen LogP contribution is -1.82. The molecule has 2 heteroatoms. The number of pyridine rings is 1. The summed E-state index contributed by atoms with van der Waals surface area (Å²) in [6.45, 7) is 2.90. The maximum Gasteiger partial charge on any atom is 0.0644 e. The highest BCUT2D eigenvalue weighted by atomic mass is 14.7. The molecule has 0 amide bonds. The van der Waals surface area contributed by atoms with Crippen molar-refractivity contribution in [3.05, 3.63) is 30.1 Å². The second-order valence-corrected chi connectivity index (χ2v) is 2.93. The first-order valence-electron chi connectivity index (χ1n) is 4.71. The van der Waals surface area contributed by atoms with Gasteiger partial charge in [0.1, 0.15) is 0 Å². The predicted octanol–water partition coefficient (Wildman–Crippen LogP) is 2.72. The van der Waals surface area contributed by atoms with Crippen LogP contribution in [0.5, 0.6) is 0 Å². The van der Waals surface area contributed by atoms with Gasteiger partial charge in [0.2, 0.25) is 0 Å². The average Bonchev–Trinajstić information content (AvgIpc) is 2.19. The molecule has 0 saturated heterocycles. The van der Waals surface area contributed by atoms with E-state index in [2.05, 4.69) is 23.1 Å². The van der Waals surface area contributed by atoms with Crippen LogP contribution >= 0.6 is 0 Å². The monoisotopic (exact) mass is 175 g/mol. The lowest BCUT2D eigenvalue weighted by Gasteiger charge is -1.93. The van der Waals surface area contributed by atoms with Gasteiger partial charge in [0.15, 0.2) is 0 Å². The molecule has 1 aromatic rings. The fraction of sp³-hybridized carbons (Fsp3) is 0.455. The zero-order valence-corrected chi connectivity index (χ0v) is 8.03. The van der Waals surface area contributed by atoms with Crippen LogP contribution in [0.4, 0.5) is 0 Å². The Kier molecular flexibility index (Phi) is 4.84. The smallest absolute Gasteiger partial charge is 0.0644 e. The number of rotatable bonds is 5. The number of hydrogen-bond donors (Lipinski definition) is 0. The van der Waals surface area contributed by atoms with Crippen LogP contribution in [0.15, 0.2) is 29.5 Å². The van der Waals surface area contributed by atoms with Crippen LogP contribution in [0.1, 0.15) is 31.7 Å². The Morgan fingerprint density at radius 2 is 2.15 bits per heavy atom. The van der Waals surface area contributed by atoms with Crippen LogP contribution in [0.25, 0.3) is 0 Å². The van der Waals surface area contributed by atoms with Crippen molar-refractivity contribution in [2.75, 3.05) is 0 Å². The third-order valence-corrected chi connectivity index (χ3v) is 1.76. The van der Waals surface area contributed by atoms with Crippen LogP contribution in [0.3, 0.4) is 0 Å². The standard InChI is InChI=1S/C11H15N2/c1-2-3-4-7-13-10-11-5-8-12-9-6-11/h5-6,8-9H,2-4,10H2,1H3. The zero-order chi connectivity index (χ0) is 9.36. The molecular weight excluding hydrogens is 160 g/mol. The molecule has 0 aliphatic carbocycles. The molecule has 0 aliphatic heterocycles. The van der Waals surface area contributed by atoms with Gasteiger partial charge in [-0.2, -0.15) is 0 Å². The summed E-state index contributed by atoms with van der Waals surface area (Å²) in [4.78, 5) is 8.14. The number of aliphatic imine (C=N–C) groups is 1. The van der Waals surface area contributed by atoms with Gasteiger partial charge in [-0.15, -0.1) is 0 Å². The maximum absolute atomic E-state index is 4.20. The van der Waals surface area contributed by atoms with Gasteiger partial charge in [-0.25, -0.2) is 0 Å². The minimum atomic E-state index is 0.728. The van der Waals surface area contributed by atoms with E-state index >= 15 is 0 Å². The molecule has 0 aromatic carbocycles. The molecule has 0 unspecified atom stereocenters. The fourth-order valence-electron chi connectivity index (χ4n) is 0.970. The Hall–Kier alpha value is -1.18. The van der Waals surface area contributed by atoms with Crippen molar-refractivity contribution < 1.29 is 0 Å². The van der Waals surface area contributed by atoms with Crippen LogP contribution in [-0.4, -0.2) is 11.2 Å². The Labute approximate surface area is 79.7 Å². The van der Waals surface area contributed by atoms with Gasteiger partial charge in [0, 0.05) is 12.4 Å². The molecule has 1 aromatic heterocycles. The number of unbranched alkanes of at least 4 members (excludes halogenated alkanes) is 2. The molecule has 13 heavy (non-hydrogen) atoms. The minimum absolute atomic E-state index is 0.728.